The van der Waals surface area contributed by atoms with Crippen LogP contribution in [-0.2, 0) is 19.1 Å². The normalized spacial score (nSPS) is 22.8. The number of carbonyl (C=O) groups is 2. The standard InChI is InChI=1S/C15H26O4/c1-12-7-9-13(10-8-12)15(17)19-11-5-3-4-6-14(16)18-2/h12-13H,3-11H2,1-2H3. The first-order valence-electron chi connectivity index (χ1n) is 7.37. The molecule has 0 unspecified atom stereocenters. The van der Waals surface area contributed by atoms with Crippen molar-refractivity contribution in [2.24, 2.45) is 11.8 Å². The van der Waals surface area contributed by atoms with E-state index in [9.17, 15) is 9.59 Å². The maximum absolute atomic E-state index is 11.8. The number of esters is 2. The van der Waals surface area contributed by atoms with Gasteiger partial charge < -0.3 is 9.47 Å². The second-order valence-corrected chi connectivity index (χ2v) is 5.51. The van der Waals surface area contributed by atoms with Crippen molar-refractivity contribution >= 4 is 11.9 Å². The Morgan fingerprint density at radius 2 is 1.74 bits per heavy atom. The zero-order chi connectivity index (χ0) is 14.1. The molecule has 0 radical (unpaired) electrons. The van der Waals surface area contributed by atoms with Gasteiger partial charge in [-0.15, -0.1) is 0 Å². The summed E-state index contributed by atoms with van der Waals surface area (Å²) in [6.45, 7) is 2.72. The van der Waals surface area contributed by atoms with Crippen LogP contribution in [0.1, 0.15) is 58.3 Å². The SMILES string of the molecule is COC(=O)CCCCCOC(=O)C1CCC(C)CC1. The summed E-state index contributed by atoms with van der Waals surface area (Å²) in [4.78, 5) is 22.7. The van der Waals surface area contributed by atoms with Gasteiger partial charge in [-0.1, -0.05) is 6.92 Å². The van der Waals surface area contributed by atoms with Gasteiger partial charge in [-0.2, -0.15) is 0 Å². The highest BCUT2D eigenvalue weighted by atomic mass is 16.5. The maximum atomic E-state index is 11.8. The van der Waals surface area contributed by atoms with E-state index in [0.29, 0.717) is 13.0 Å². The third kappa shape index (κ3) is 6.60. The highest BCUT2D eigenvalue weighted by molar-refractivity contribution is 5.72. The third-order valence-electron chi connectivity index (χ3n) is 3.85. The van der Waals surface area contributed by atoms with Crippen LogP contribution in [0.25, 0.3) is 0 Å². The predicted molar refractivity (Wildman–Crippen MR) is 72.6 cm³/mol. The number of unbranched alkanes of at least 4 members (excludes halogenated alkanes) is 2. The van der Waals surface area contributed by atoms with Crippen molar-refractivity contribution < 1.29 is 19.1 Å². The molecule has 4 heteroatoms. The van der Waals surface area contributed by atoms with Gasteiger partial charge in [-0.05, 0) is 50.9 Å². The number of ether oxygens (including phenoxy) is 2. The summed E-state index contributed by atoms with van der Waals surface area (Å²) in [5, 5.41) is 0. The molecule has 1 aliphatic rings. The van der Waals surface area contributed by atoms with E-state index in [4.69, 9.17) is 4.74 Å². The Morgan fingerprint density at radius 1 is 1.05 bits per heavy atom. The summed E-state index contributed by atoms with van der Waals surface area (Å²) in [7, 11) is 1.40. The molecule has 0 amide bonds. The van der Waals surface area contributed by atoms with Gasteiger partial charge >= 0.3 is 11.9 Å². The minimum absolute atomic E-state index is 0.0279. The van der Waals surface area contributed by atoms with E-state index in [2.05, 4.69) is 11.7 Å². The van der Waals surface area contributed by atoms with Crippen LogP contribution in [0.5, 0.6) is 0 Å². The minimum atomic E-state index is -0.173. The van der Waals surface area contributed by atoms with Crippen molar-refractivity contribution in [2.45, 2.75) is 58.3 Å². The van der Waals surface area contributed by atoms with E-state index in [1.54, 1.807) is 0 Å². The molecule has 0 N–H and O–H groups in total. The Kier molecular flexibility index (Phi) is 7.53. The molecular weight excluding hydrogens is 244 g/mol. The van der Waals surface area contributed by atoms with Gasteiger partial charge in [0, 0.05) is 6.42 Å². The molecule has 1 aliphatic carbocycles. The molecule has 0 aromatic rings. The van der Waals surface area contributed by atoms with Gasteiger partial charge in [0.2, 0.25) is 0 Å². The highest BCUT2D eigenvalue weighted by Crippen LogP contribution is 2.29. The lowest BCUT2D eigenvalue weighted by molar-refractivity contribution is -0.150. The fourth-order valence-corrected chi connectivity index (χ4v) is 2.44. The number of methoxy groups -OCH3 is 1. The molecular formula is C15H26O4. The molecule has 0 heterocycles. The first-order chi connectivity index (χ1) is 9.13. The molecule has 0 spiro atoms. The summed E-state index contributed by atoms with van der Waals surface area (Å²) in [6, 6.07) is 0. The highest BCUT2D eigenvalue weighted by Gasteiger charge is 2.25. The largest absolute Gasteiger partial charge is 0.469 e. The lowest BCUT2D eigenvalue weighted by Gasteiger charge is -2.24. The van der Waals surface area contributed by atoms with Crippen molar-refractivity contribution in [1.29, 1.82) is 0 Å². The van der Waals surface area contributed by atoms with Gasteiger partial charge in [-0.3, -0.25) is 9.59 Å². The third-order valence-corrected chi connectivity index (χ3v) is 3.85. The van der Waals surface area contributed by atoms with Crippen LogP contribution >= 0.6 is 0 Å². The summed E-state index contributed by atoms with van der Waals surface area (Å²) in [5.41, 5.74) is 0. The molecule has 1 saturated carbocycles. The monoisotopic (exact) mass is 270 g/mol. The second kappa shape index (κ2) is 8.94. The fourth-order valence-electron chi connectivity index (χ4n) is 2.44. The van der Waals surface area contributed by atoms with Crippen molar-refractivity contribution in [3.63, 3.8) is 0 Å². The molecule has 1 rings (SSSR count). The summed E-state index contributed by atoms with van der Waals surface area (Å²) in [6.07, 6.45) is 7.19. The first kappa shape index (κ1) is 16.0. The first-order valence-corrected chi connectivity index (χ1v) is 7.37. The van der Waals surface area contributed by atoms with E-state index in [0.717, 1.165) is 50.9 Å². The van der Waals surface area contributed by atoms with Crippen molar-refractivity contribution in [2.75, 3.05) is 13.7 Å². The summed E-state index contributed by atoms with van der Waals surface area (Å²) < 4.78 is 9.85. The van der Waals surface area contributed by atoms with E-state index >= 15 is 0 Å². The van der Waals surface area contributed by atoms with Crippen LogP contribution in [0, 0.1) is 11.8 Å². The average Bonchev–Trinajstić information content (AvgIpc) is 2.42. The molecule has 0 aromatic heterocycles. The topological polar surface area (TPSA) is 52.6 Å². The zero-order valence-corrected chi connectivity index (χ0v) is 12.2. The van der Waals surface area contributed by atoms with E-state index in [1.807, 2.05) is 0 Å². The maximum Gasteiger partial charge on any atom is 0.308 e. The van der Waals surface area contributed by atoms with Crippen molar-refractivity contribution in [3.8, 4) is 0 Å². The van der Waals surface area contributed by atoms with Crippen molar-refractivity contribution in [1.82, 2.24) is 0 Å². The zero-order valence-electron chi connectivity index (χ0n) is 12.2. The molecule has 0 atom stereocenters. The summed E-state index contributed by atoms with van der Waals surface area (Å²) in [5.74, 6) is 0.668. The lowest BCUT2D eigenvalue weighted by atomic mass is 9.83. The van der Waals surface area contributed by atoms with Gasteiger partial charge in [-0.25, -0.2) is 0 Å². The molecule has 110 valence electrons. The molecule has 0 bridgehead atoms. The van der Waals surface area contributed by atoms with Gasteiger partial charge in [0.25, 0.3) is 0 Å². The Labute approximate surface area is 115 Å². The molecule has 0 aliphatic heterocycles. The van der Waals surface area contributed by atoms with Crippen LogP contribution in [0.15, 0.2) is 0 Å². The lowest BCUT2D eigenvalue weighted by Crippen LogP contribution is -2.23. The Balaban J connectivity index is 2.00. The Hall–Kier alpha value is -1.06. The van der Waals surface area contributed by atoms with Crippen LogP contribution in [0.4, 0.5) is 0 Å². The van der Waals surface area contributed by atoms with Gasteiger partial charge in [0.05, 0.1) is 19.6 Å². The molecule has 0 aromatic carbocycles. The van der Waals surface area contributed by atoms with Crippen LogP contribution < -0.4 is 0 Å². The minimum Gasteiger partial charge on any atom is -0.469 e. The number of rotatable bonds is 7. The number of hydrogen-bond donors (Lipinski definition) is 0. The average molecular weight is 270 g/mol. The summed E-state index contributed by atoms with van der Waals surface area (Å²) >= 11 is 0. The Bertz CT molecular complexity index is 280. The number of carbonyl (C=O) groups excluding carboxylic acids is 2. The van der Waals surface area contributed by atoms with Crippen LogP contribution in [0.3, 0.4) is 0 Å². The van der Waals surface area contributed by atoms with Gasteiger partial charge in [0.15, 0.2) is 0 Å². The molecule has 19 heavy (non-hydrogen) atoms. The van der Waals surface area contributed by atoms with E-state index in [1.165, 1.54) is 7.11 Å². The van der Waals surface area contributed by atoms with Crippen LogP contribution in [-0.4, -0.2) is 25.7 Å². The quantitative estimate of drug-likeness (QED) is 0.527. The van der Waals surface area contributed by atoms with Crippen molar-refractivity contribution in [3.05, 3.63) is 0 Å². The number of hydrogen-bond acceptors (Lipinski definition) is 4. The second-order valence-electron chi connectivity index (χ2n) is 5.51. The Morgan fingerprint density at radius 3 is 2.37 bits per heavy atom. The van der Waals surface area contributed by atoms with E-state index in [-0.39, 0.29) is 17.9 Å². The van der Waals surface area contributed by atoms with Crippen LogP contribution in [0.2, 0.25) is 0 Å². The van der Waals surface area contributed by atoms with Gasteiger partial charge in [0.1, 0.15) is 0 Å². The van der Waals surface area contributed by atoms with E-state index < -0.39 is 0 Å². The molecule has 1 fully saturated rings. The smallest absolute Gasteiger partial charge is 0.308 e. The molecule has 4 nitrogen and oxygen atoms in total. The molecule has 0 saturated heterocycles. The predicted octanol–water partition coefficient (Wildman–Crippen LogP) is 3.09. The fraction of sp³-hybridized carbons (Fsp3) is 0.867.